The van der Waals surface area contributed by atoms with Crippen LogP contribution in [0.1, 0.15) is 12.8 Å². The number of nitrogens with zero attached hydrogens (tertiary/aromatic N) is 1. The third kappa shape index (κ3) is 2.52. The van der Waals surface area contributed by atoms with E-state index >= 15 is 0 Å². The normalized spacial score (nSPS) is 9.36. The van der Waals surface area contributed by atoms with Gasteiger partial charge >= 0.3 is 0 Å². The summed E-state index contributed by atoms with van der Waals surface area (Å²) in [4.78, 5) is 17.3. The molecule has 1 rings (SSSR count). The minimum atomic E-state index is -0.334. The Labute approximate surface area is 81.7 Å². The topological polar surface area (TPSA) is 83.8 Å². The molecule has 14 heavy (non-hydrogen) atoms. The van der Waals surface area contributed by atoms with E-state index in [4.69, 9.17) is 12.2 Å². The number of aromatic nitrogens is 2. The maximum absolute atomic E-state index is 11.0. The van der Waals surface area contributed by atoms with Crippen LogP contribution in [0.5, 0.6) is 0 Å². The molecule has 0 spiro atoms. The van der Waals surface area contributed by atoms with Crippen LogP contribution in [0.4, 0.5) is 11.5 Å². The molecule has 0 aliphatic heterocycles. The van der Waals surface area contributed by atoms with Gasteiger partial charge in [0.2, 0.25) is 0 Å². The first-order valence-corrected chi connectivity index (χ1v) is 4.26. The Morgan fingerprint density at radius 2 is 2.50 bits per heavy atom. The standard InChI is InChI=1S/C9H12N4O/c1-2-3-4-5-11-8-7(10)9(14)13-6-12-8/h1,6H,3-5,10H2,(H2,11,12,13,14). The lowest BCUT2D eigenvalue weighted by Gasteiger charge is -2.05. The minimum absolute atomic E-state index is 0.105. The summed E-state index contributed by atoms with van der Waals surface area (Å²) in [6.45, 7) is 0.658. The number of H-pyrrole nitrogens is 1. The summed E-state index contributed by atoms with van der Waals surface area (Å²) in [7, 11) is 0. The molecule has 0 amide bonds. The first-order valence-electron chi connectivity index (χ1n) is 4.26. The number of hydrogen-bond donors (Lipinski definition) is 3. The van der Waals surface area contributed by atoms with Crippen molar-refractivity contribution in [3.05, 3.63) is 16.7 Å². The molecule has 0 fully saturated rings. The lowest BCUT2D eigenvalue weighted by atomic mass is 10.3. The van der Waals surface area contributed by atoms with Crippen LogP contribution in [-0.4, -0.2) is 16.5 Å². The van der Waals surface area contributed by atoms with E-state index in [1.807, 2.05) is 0 Å². The Bertz CT molecular complexity index is 391. The number of rotatable bonds is 4. The van der Waals surface area contributed by atoms with Crippen LogP contribution in [0, 0.1) is 12.3 Å². The SMILES string of the molecule is C#CCCCNc1nc[nH]c(=O)c1N. The van der Waals surface area contributed by atoms with Crippen LogP contribution in [-0.2, 0) is 0 Å². The van der Waals surface area contributed by atoms with Crippen LogP contribution < -0.4 is 16.6 Å². The van der Waals surface area contributed by atoms with Crippen LogP contribution in [0.15, 0.2) is 11.1 Å². The number of nitrogen functional groups attached to an aromatic ring is 1. The number of aromatic amines is 1. The summed E-state index contributed by atoms with van der Waals surface area (Å²) in [5.41, 5.74) is 5.26. The molecule has 1 heterocycles. The van der Waals surface area contributed by atoms with Gasteiger partial charge in [0, 0.05) is 13.0 Å². The molecule has 4 N–H and O–H groups in total. The maximum atomic E-state index is 11.0. The second-order valence-electron chi connectivity index (χ2n) is 2.73. The van der Waals surface area contributed by atoms with Gasteiger partial charge in [-0.3, -0.25) is 4.79 Å². The van der Waals surface area contributed by atoms with Crippen molar-refractivity contribution in [2.24, 2.45) is 0 Å². The van der Waals surface area contributed by atoms with Crippen LogP contribution in [0.3, 0.4) is 0 Å². The largest absolute Gasteiger partial charge is 0.391 e. The van der Waals surface area contributed by atoms with Crippen LogP contribution in [0.25, 0.3) is 0 Å². The summed E-state index contributed by atoms with van der Waals surface area (Å²) < 4.78 is 0. The number of hydrogen-bond acceptors (Lipinski definition) is 4. The molecule has 5 nitrogen and oxygen atoms in total. The van der Waals surface area contributed by atoms with Crippen molar-refractivity contribution in [1.82, 2.24) is 9.97 Å². The summed E-state index contributed by atoms with van der Waals surface area (Å²) in [6, 6.07) is 0. The predicted molar refractivity (Wildman–Crippen MR) is 55.8 cm³/mol. The van der Waals surface area contributed by atoms with Crippen molar-refractivity contribution in [3.63, 3.8) is 0 Å². The van der Waals surface area contributed by atoms with Crippen LogP contribution >= 0.6 is 0 Å². The molecule has 0 saturated heterocycles. The van der Waals surface area contributed by atoms with Gasteiger partial charge in [-0.1, -0.05) is 0 Å². The second kappa shape index (κ2) is 4.92. The Morgan fingerprint density at radius 1 is 1.71 bits per heavy atom. The lowest BCUT2D eigenvalue weighted by Crippen LogP contribution is -2.16. The zero-order valence-electron chi connectivity index (χ0n) is 7.71. The molecule has 1 aromatic heterocycles. The molecule has 1 aromatic rings. The van der Waals surface area contributed by atoms with Gasteiger partial charge in [-0.25, -0.2) is 4.98 Å². The first-order chi connectivity index (χ1) is 6.75. The number of nitrogens with one attached hydrogen (secondary N) is 2. The summed E-state index contributed by atoms with van der Waals surface area (Å²) in [5, 5.41) is 2.94. The van der Waals surface area contributed by atoms with E-state index in [-0.39, 0.29) is 11.2 Å². The quantitative estimate of drug-likeness (QED) is 0.469. The average Bonchev–Trinajstić information content (AvgIpc) is 2.19. The molecule has 0 bridgehead atoms. The fourth-order valence-electron chi connectivity index (χ4n) is 0.948. The van der Waals surface area contributed by atoms with Gasteiger partial charge in [0.15, 0.2) is 5.82 Å². The zero-order valence-corrected chi connectivity index (χ0v) is 7.71. The highest BCUT2D eigenvalue weighted by atomic mass is 16.1. The minimum Gasteiger partial charge on any atom is -0.391 e. The third-order valence-electron chi connectivity index (χ3n) is 1.68. The predicted octanol–water partition coefficient (Wildman–Crippen LogP) is 0.177. The fourth-order valence-corrected chi connectivity index (χ4v) is 0.948. The van der Waals surface area contributed by atoms with Gasteiger partial charge in [0.1, 0.15) is 5.69 Å². The Hall–Kier alpha value is -1.96. The van der Waals surface area contributed by atoms with Gasteiger partial charge in [0.05, 0.1) is 6.33 Å². The Morgan fingerprint density at radius 3 is 3.21 bits per heavy atom. The number of nitrogens with two attached hydrogens (primary N) is 1. The highest BCUT2D eigenvalue weighted by Crippen LogP contribution is 2.06. The monoisotopic (exact) mass is 192 g/mol. The summed E-state index contributed by atoms with van der Waals surface area (Å²) in [5.74, 6) is 2.93. The molecule has 0 unspecified atom stereocenters. The van der Waals surface area contributed by atoms with Gasteiger partial charge in [0.25, 0.3) is 5.56 Å². The van der Waals surface area contributed by atoms with E-state index in [0.29, 0.717) is 18.8 Å². The lowest BCUT2D eigenvalue weighted by molar-refractivity contribution is 0.899. The van der Waals surface area contributed by atoms with E-state index in [9.17, 15) is 4.79 Å². The van der Waals surface area contributed by atoms with Crippen LogP contribution in [0.2, 0.25) is 0 Å². The van der Waals surface area contributed by atoms with Gasteiger partial charge in [-0.15, -0.1) is 12.3 Å². The van der Waals surface area contributed by atoms with Gasteiger partial charge in [-0.2, -0.15) is 0 Å². The van der Waals surface area contributed by atoms with E-state index < -0.39 is 0 Å². The summed E-state index contributed by atoms with van der Waals surface area (Å²) >= 11 is 0. The van der Waals surface area contributed by atoms with Crippen molar-refractivity contribution in [1.29, 1.82) is 0 Å². The molecule has 0 atom stereocenters. The fraction of sp³-hybridized carbons (Fsp3) is 0.333. The second-order valence-corrected chi connectivity index (χ2v) is 2.73. The van der Waals surface area contributed by atoms with Crippen molar-refractivity contribution >= 4 is 11.5 Å². The highest BCUT2D eigenvalue weighted by Gasteiger charge is 2.01. The van der Waals surface area contributed by atoms with E-state index in [1.54, 1.807) is 0 Å². The average molecular weight is 192 g/mol. The van der Waals surface area contributed by atoms with Crippen molar-refractivity contribution < 1.29 is 0 Å². The zero-order chi connectivity index (χ0) is 10.4. The molecule has 0 aliphatic rings. The van der Waals surface area contributed by atoms with E-state index in [2.05, 4.69) is 21.2 Å². The Kier molecular flexibility index (Phi) is 3.56. The molecule has 0 aromatic carbocycles. The van der Waals surface area contributed by atoms with Gasteiger partial charge < -0.3 is 16.0 Å². The molecular weight excluding hydrogens is 180 g/mol. The van der Waals surface area contributed by atoms with E-state index in [0.717, 1.165) is 6.42 Å². The Balaban J connectivity index is 2.56. The maximum Gasteiger partial charge on any atom is 0.276 e. The van der Waals surface area contributed by atoms with E-state index in [1.165, 1.54) is 6.33 Å². The van der Waals surface area contributed by atoms with Crippen molar-refractivity contribution in [2.45, 2.75) is 12.8 Å². The van der Waals surface area contributed by atoms with Crippen molar-refractivity contribution in [3.8, 4) is 12.3 Å². The number of unbranched alkanes of at least 4 members (excludes halogenated alkanes) is 1. The molecule has 0 saturated carbocycles. The molecule has 0 aliphatic carbocycles. The van der Waals surface area contributed by atoms with Crippen molar-refractivity contribution in [2.75, 3.05) is 17.6 Å². The van der Waals surface area contributed by atoms with Gasteiger partial charge in [-0.05, 0) is 6.42 Å². The molecule has 74 valence electrons. The number of terminal acetylenes is 1. The smallest absolute Gasteiger partial charge is 0.276 e. The summed E-state index contributed by atoms with van der Waals surface area (Å²) in [6.07, 6.45) is 7.91. The first kappa shape index (κ1) is 10.1. The number of anilines is 2. The molecular formula is C9H12N4O. The third-order valence-corrected chi connectivity index (χ3v) is 1.68. The molecule has 0 radical (unpaired) electrons. The molecule has 5 heteroatoms. The highest BCUT2D eigenvalue weighted by molar-refractivity contribution is 5.58.